The van der Waals surface area contributed by atoms with Gasteiger partial charge in [-0.25, -0.2) is 0 Å². The normalized spacial score (nSPS) is 17.7. The molecule has 2 heterocycles. The van der Waals surface area contributed by atoms with E-state index < -0.39 is 6.04 Å². The summed E-state index contributed by atoms with van der Waals surface area (Å²) in [4.78, 5) is 39.7. The van der Waals surface area contributed by atoms with Crippen molar-refractivity contribution in [1.29, 1.82) is 0 Å². The SMILES string of the molecule is C=C1CCC(N2Cc3cc(NC(=O)c4ccc5cc(OC)ccc5c4)ccc3C2=O)C(=O)N1. The van der Waals surface area contributed by atoms with Crippen LogP contribution in [0.1, 0.15) is 39.1 Å². The number of amides is 3. The molecule has 0 bridgehead atoms. The molecule has 3 aromatic carbocycles. The van der Waals surface area contributed by atoms with Gasteiger partial charge in [0, 0.05) is 29.1 Å². The molecule has 33 heavy (non-hydrogen) atoms. The minimum Gasteiger partial charge on any atom is -0.497 e. The first-order valence-electron chi connectivity index (χ1n) is 10.7. The van der Waals surface area contributed by atoms with E-state index >= 15 is 0 Å². The zero-order valence-electron chi connectivity index (χ0n) is 18.2. The van der Waals surface area contributed by atoms with Crippen molar-refractivity contribution in [3.8, 4) is 5.75 Å². The third kappa shape index (κ3) is 3.82. The highest BCUT2D eigenvalue weighted by molar-refractivity contribution is 6.07. The van der Waals surface area contributed by atoms with E-state index in [1.807, 2.05) is 30.3 Å². The molecule has 1 atom stereocenters. The predicted molar refractivity (Wildman–Crippen MR) is 125 cm³/mol. The molecule has 1 saturated heterocycles. The Morgan fingerprint density at radius 2 is 1.88 bits per heavy atom. The van der Waals surface area contributed by atoms with E-state index in [0.717, 1.165) is 22.1 Å². The van der Waals surface area contributed by atoms with Gasteiger partial charge in [-0.1, -0.05) is 18.7 Å². The molecule has 5 rings (SSSR count). The Hall–Kier alpha value is -4.13. The van der Waals surface area contributed by atoms with Crippen molar-refractivity contribution < 1.29 is 19.1 Å². The van der Waals surface area contributed by atoms with Gasteiger partial charge >= 0.3 is 0 Å². The fraction of sp³-hybridized carbons (Fsp3) is 0.192. The van der Waals surface area contributed by atoms with Gasteiger partial charge in [0.15, 0.2) is 0 Å². The Morgan fingerprint density at radius 3 is 2.67 bits per heavy atom. The first kappa shape index (κ1) is 20.8. The number of carbonyl (C=O) groups excluding carboxylic acids is 3. The van der Waals surface area contributed by atoms with Crippen molar-refractivity contribution in [2.75, 3.05) is 12.4 Å². The number of piperidine rings is 1. The number of methoxy groups -OCH3 is 1. The van der Waals surface area contributed by atoms with E-state index in [-0.39, 0.29) is 17.7 Å². The summed E-state index contributed by atoms with van der Waals surface area (Å²) in [6.07, 6.45) is 1.21. The lowest BCUT2D eigenvalue weighted by Gasteiger charge is -2.30. The minimum absolute atomic E-state index is 0.166. The van der Waals surface area contributed by atoms with E-state index in [4.69, 9.17) is 4.74 Å². The number of nitrogens with zero attached hydrogens (tertiary/aromatic N) is 1. The van der Waals surface area contributed by atoms with E-state index in [1.165, 1.54) is 0 Å². The number of nitrogens with one attached hydrogen (secondary N) is 2. The molecule has 3 aromatic rings. The van der Waals surface area contributed by atoms with Crippen molar-refractivity contribution in [2.24, 2.45) is 0 Å². The Kier molecular flexibility index (Phi) is 5.09. The molecule has 7 nitrogen and oxygen atoms in total. The zero-order valence-corrected chi connectivity index (χ0v) is 18.2. The summed E-state index contributed by atoms with van der Waals surface area (Å²) in [7, 11) is 1.62. The van der Waals surface area contributed by atoms with Crippen molar-refractivity contribution in [3.63, 3.8) is 0 Å². The lowest BCUT2D eigenvalue weighted by molar-refractivity contribution is -0.126. The van der Waals surface area contributed by atoms with Crippen molar-refractivity contribution in [2.45, 2.75) is 25.4 Å². The van der Waals surface area contributed by atoms with Gasteiger partial charge in [0.1, 0.15) is 11.8 Å². The maximum Gasteiger partial charge on any atom is 0.255 e. The second kappa shape index (κ2) is 8.09. The van der Waals surface area contributed by atoms with Crippen molar-refractivity contribution >= 4 is 34.2 Å². The molecule has 166 valence electrons. The van der Waals surface area contributed by atoms with E-state index in [9.17, 15) is 14.4 Å². The van der Waals surface area contributed by atoms with Gasteiger partial charge in [-0.2, -0.15) is 0 Å². The quantitative estimate of drug-likeness (QED) is 0.644. The summed E-state index contributed by atoms with van der Waals surface area (Å²) in [5.41, 5.74) is 3.17. The maximum absolute atomic E-state index is 12.9. The Labute approximate surface area is 191 Å². The van der Waals surface area contributed by atoms with Crippen LogP contribution in [0.4, 0.5) is 5.69 Å². The molecular formula is C26H23N3O4. The van der Waals surface area contributed by atoms with Crippen LogP contribution < -0.4 is 15.4 Å². The standard InChI is InChI=1S/C26H23N3O4/c1-15-3-10-23(25(31)27-15)29-14-19-12-20(7-9-22(19)26(29)32)28-24(30)18-5-4-17-13-21(33-2)8-6-16(17)11-18/h4-9,11-13,23H,1,3,10,14H2,2H3,(H,27,31)(H,28,30). The second-order valence-corrected chi connectivity index (χ2v) is 8.33. The van der Waals surface area contributed by atoms with Crippen LogP contribution in [-0.4, -0.2) is 35.8 Å². The van der Waals surface area contributed by atoms with Gasteiger partial charge in [-0.15, -0.1) is 0 Å². The largest absolute Gasteiger partial charge is 0.497 e. The Morgan fingerprint density at radius 1 is 1.09 bits per heavy atom. The van der Waals surface area contributed by atoms with Crippen LogP contribution in [0.25, 0.3) is 10.8 Å². The van der Waals surface area contributed by atoms with Crippen LogP contribution in [0.15, 0.2) is 66.9 Å². The van der Waals surface area contributed by atoms with E-state index in [2.05, 4.69) is 17.2 Å². The lowest BCUT2D eigenvalue weighted by atomic mass is 10.0. The molecule has 1 fully saturated rings. The first-order chi connectivity index (χ1) is 15.9. The molecule has 7 heteroatoms. The number of allylic oxidation sites excluding steroid dienone is 1. The van der Waals surface area contributed by atoms with Gasteiger partial charge in [-0.05, 0) is 71.6 Å². The number of hydrogen-bond acceptors (Lipinski definition) is 4. The molecule has 0 aliphatic carbocycles. The van der Waals surface area contributed by atoms with Crippen LogP contribution in [-0.2, 0) is 11.3 Å². The molecule has 0 radical (unpaired) electrons. The summed E-state index contributed by atoms with van der Waals surface area (Å²) in [5, 5.41) is 7.57. The molecule has 0 saturated carbocycles. The molecule has 1 unspecified atom stereocenters. The molecule has 0 aromatic heterocycles. The van der Waals surface area contributed by atoms with Gasteiger partial charge in [0.25, 0.3) is 11.8 Å². The van der Waals surface area contributed by atoms with Gasteiger partial charge in [-0.3, -0.25) is 14.4 Å². The highest BCUT2D eigenvalue weighted by Crippen LogP contribution is 2.30. The number of fused-ring (bicyclic) bond motifs is 2. The topological polar surface area (TPSA) is 87.7 Å². The van der Waals surface area contributed by atoms with Crippen LogP contribution in [0.3, 0.4) is 0 Å². The summed E-state index contributed by atoms with van der Waals surface area (Å²) < 4.78 is 5.25. The average Bonchev–Trinajstić information content (AvgIpc) is 3.13. The summed E-state index contributed by atoms with van der Waals surface area (Å²) in [5.74, 6) is 0.159. The number of anilines is 1. The third-order valence-corrected chi connectivity index (χ3v) is 6.20. The fourth-order valence-corrected chi connectivity index (χ4v) is 4.43. The maximum atomic E-state index is 12.9. The van der Waals surface area contributed by atoms with Crippen LogP contribution >= 0.6 is 0 Å². The highest BCUT2D eigenvalue weighted by Gasteiger charge is 2.38. The second-order valence-electron chi connectivity index (χ2n) is 8.33. The molecular weight excluding hydrogens is 418 g/mol. The van der Waals surface area contributed by atoms with Gasteiger partial charge in [0.05, 0.1) is 7.11 Å². The highest BCUT2D eigenvalue weighted by atomic mass is 16.5. The molecule has 3 amide bonds. The first-order valence-corrected chi connectivity index (χ1v) is 10.7. The van der Waals surface area contributed by atoms with E-state index in [1.54, 1.807) is 36.3 Å². The zero-order chi connectivity index (χ0) is 23.1. The molecule has 2 N–H and O–H groups in total. The number of benzene rings is 3. The summed E-state index contributed by atoms with van der Waals surface area (Å²) in [6, 6.07) is 15.9. The Bertz CT molecular complexity index is 1330. The van der Waals surface area contributed by atoms with Crippen molar-refractivity contribution in [1.82, 2.24) is 10.2 Å². The van der Waals surface area contributed by atoms with E-state index in [0.29, 0.717) is 41.9 Å². The van der Waals surface area contributed by atoms with Gasteiger partial charge in [0.2, 0.25) is 5.91 Å². The van der Waals surface area contributed by atoms with Gasteiger partial charge < -0.3 is 20.3 Å². The molecule has 0 spiro atoms. The van der Waals surface area contributed by atoms with Crippen LogP contribution in [0.5, 0.6) is 5.75 Å². The monoisotopic (exact) mass is 441 g/mol. The molecule has 2 aliphatic rings. The molecule has 2 aliphatic heterocycles. The summed E-state index contributed by atoms with van der Waals surface area (Å²) >= 11 is 0. The lowest BCUT2D eigenvalue weighted by Crippen LogP contribution is -2.49. The number of ether oxygens (including phenoxy) is 1. The van der Waals surface area contributed by atoms with Crippen LogP contribution in [0.2, 0.25) is 0 Å². The minimum atomic E-state index is -0.510. The average molecular weight is 441 g/mol. The predicted octanol–water partition coefficient (Wildman–Crippen LogP) is 3.85. The summed E-state index contributed by atoms with van der Waals surface area (Å²) in [6.45, 7) is 4.13. The fourth-order valence-electron chi connectivity index (χ4n) is 4.43. The third-order valence-electron chi connectivity index (χ3n) is 6.20. The number of hydrogen-bond donors (Lipinski definition) is 2. The smallest absolute Gasteiger partial charge is 0.255 e. The number of rotatable bonds is 4. The van der Waals surface area contributed by atoms with Crippen molar-refractivity contribution in [3.05, 3.63) is 83.6 Å². The van der Waals surface area contributed by atoms with Crippen LogP contribution in [0, 0.1) is 0 Å². The Balaban J connectivity index is 1.33. The number of carbonyl (C=O) groups is 3.